The molecule has 0 bridgehead atoms. The molecule has 1 aromatic rings. The summed E-state index contributed by atoms with van der Waals surface area (Å²) < 4.78 is 26.7. The van der Waals surface area contributed by atoms with Crippen LogP contribution in [0.25, 0.3) is 0 Å². The summed E-state index contributed by atoms with van der Waals surface area (Å²) in [5, 5.41) is 3.03. The number of carbonyl (C=O) groups excluding carboxylic acids is 2. The lowest BCUT2D eigenvalue weighted by Gasteiger charge is -2.24. The highest BCUT2D eigenvalue weighted by molar-refractivity contribution is 7.89. The number of halogens is 1. The maximum atomic E-state index is 12.6. The fraction of sp³-hybridized carbons (Fsp3) is 0.529. The summed E-state index contributed by atoms with van der Waals surface area (Å²) in [6.45, 7) is 1.30. The number of benzene rings is 1. The van der Waals surface area contributed by atoms with Gasteiger partial charge in [-0.25, -0.2) is 8.42 Å². The summed E-state index contributed by atoms with van der Waals surface area (Å²) in [5.41, 5.74) is 0.785. The molecule has 0 radical (unpaired) electrons. The molecule has 1 atom stereocenters. The van der Waals surface area contributed by atoms with Gasteiger partial charge in [-0.3, -0.25) is 14.5 Å². The van der Waals surface area contributed by atoms with Gasteiger partial charge >= 0.3 is 0 Å². The average Bonchev–Trinajstić information content (AvgIpc) is 3.15. The van der Waals surface area contributed by atoms with Crippen molar-refractivity contribution in [2.45, 2.75) is 25.3 Å². The van der Waals surface area contributed by atoms with E-state index in [1.165, 1.54) is 0 Å². The van der Waals surface area contributed by atoms with Gasteiger partial charge in [-0.1, -0.05) is 12.1 Å². The van der Waals surface area contributed by atoms with Gasteiger partial charge in [0.2, 0.25) is 10.0 Å². The Morgan fingerprint density at radius 2 is 1.77 bits per heavy atom. The zero-order chi connectivity index (χ0) is 18.0. The lowest BCUT2D eigenvalue weighted by Crippen LogP contribution is -2.42. The van der Waals surface area contributed by atoms with Gasteiger partial charge < -0.3 is 5.32 Å². The Morgan fingerprint density at radius 1 is 1.15 bits per heavy atom. The van der Waals surface area contributed by atoms with Crippen LogP contribution in [-0.2, 0) is 10.0 Å². The third kappa shape index (κ3) is 3.93. The summed E-state index contributed by atoms with van der Waals surface area (Å²) in [7, 11) is -1.57. The number of sulfonamides is 1. The molecule has 26 heavy (non-hydrogen) atoms. The molecule has 0 spiro atoms. The molecule has 2 heterocycles. The second-order valence-corrected chi connectivity index (χ2v) is 8.48. The molecule has 1 aromatic carbocycles. The predicted molar refractivity (Wildman–Crippen MR) is 101 cm³/mol. The topological polar surface area (TPSA) is 86.8 Å². The Labute approximate surface area is 160 Å². The molecule has 0 aromatic heterocycles. The van der Waals surface area contributed by atoms with Crippen LogP contribution < -0.4 is 5.32 Å². The number of rotatable bonds is 7. The highest BCUT2D eigenvalue weighted by Gasteiger charge is 2.36. The summed E-state index contributed by atoms with van der Waals surface area (Å²) in [6.07, 6.45) is 1.97. The first-order chi connectivity index (χ1) is 12.0. The van der Waals surface area contributed by atoms with E-state index >= 15 is 0 Å². The molecule has 9 heteroatoms. The minimum Gasteiger partial charge on any atom is -0.318 e. The highest BCUT2D eigenvalue weighted by Crippen LogP contribution is 2.24. The highest BCUT2D eigenvalue weighted by atomic mass is 35.5. The molecule has 1 fully saturated rings. The van der Waals surface area contributed by atoms with Gasteiger partial charge in [0, 0.05) is 25.7 Å². The Kier molecular flexibility index (Phi) is 6.79. The summed E-state index contributed by atoms with van der Waals surface area (Å²) in [5.74, 6) is -0.736. The van der Waals surface area contributed by atoms with Crippen molar-refractivity contribution in [1.29, 1.82) is 0 Å². The van der Waals surface area contributed by atoms with Crippen molar-refractivity contribution in [3.05, 3.63) is 35.4 Å². The first kappa shape index (κ1) is 20.8. The molecule has 1 unspecified atom stereocenters. The maximum Gasteiger partial charge on any atom is 0.261 e. The Hall–Kier alpha value is -1.48. The van der Waals surface area contributed by atoms with Crippen molar-refractivity contribution >= 4 is 34.2 Å². The zero-order valence-electron chi connectivity index (χ0n) is 14.7. The van der Waals surface area contributed by atoms with Gasteiger partial charge in [-0.2, -0.15) is 4.31 Å². The van der Waals surface area contributed by atoms with E-state index in [9.17, 15) is 18.0 Å². The fourth-order valence-corrected chi connectivity index (χ4v) is 5.35. The molecule has 2 aliphatic rings. The summed E-state index contributed by atoms with van der Waals surface area (Å²) in [4.78, 5) is 25.7. The summed E-state index contributed by atoms with van der Waals surface area (Å²) >= 11 is 0. The number of hydrogen-bond donors (Lipinski definition) is 1. The second kappa shape index (κ2) is 8.47. The molecule has 1 saturated heterocycles. The van der Waals surface area contributed by atoms with Crippen LogP contribution in [0.1, 0.15) is 40.0 Å². The van der Waals surface area contributed by atoms with Gasteiger partial charge in [0.25, 0.3) is 11.8 Å². The molecule has 3 rings (SSSR count). The molecule has 144 valence electrons. The molecular formula is C17H24ClN3O4S. The third-order valence-electron chi connectivity index (χ3n) is 4.78. The van der Waals surface area contributed by atoms with Gasteiger partial charge in [0.15, 0.2) is 0 Å². The minimum absolute atomic E-state index is 0. The number of likely N-dealkylation sites (N-methyl/N-ethyl adjacent to an activating group) is 1. The standard InChI is InChI=1S/C17H23N3O4S.ClH/c1-18-12-13-6-4-10-20(13)25(23,24)11-5-9-19-16(21)14-7-2-3-8-15(14)17(19)22;/h2-3,7-8,13,18H,4-6,9-12H2,1H3;1H. The van der Waals surface area contributed by atoms with Crippen molar-refractivity contribution in [2.24, 2.45) is 0 Å². The molecular weight excluding hydrogens is 378 g/mol. The number of imide groups is 1. The Bertz CT molecular complexity index is 749. The van der Waals surface area contributed by atoms with Crippen LogP contribution in [-0.4, -0.2) is 67.9 Å². The van der Waals surface area contributed by atoms with Crippen LogP contribution in [0.4, 0.5) is 0 Å². The maximum absolute atomic E-state index is 12.6. The van der Waals surface area contributed by atoms with Crippen molar-refractivity contribution in [3.63, 3.8) is 0 Å². The molecule has 1 N–H and O–H groups in total. The first-order valence-corrected chi connectivity index (χ1v) is 10.2. The minimum atomic E-state index is -3.38. The van der Waals surface area contributed by atoms with E-state index in [1.807, 2.05) is 7.05 Å². The molecule has 0 saturated carbocycles. The number of nitrogens with one attached hydrogen (secondary N) is 1. The normalized spacial score (nSPS) is 20.3. The summed E-state index contributed by atoms with van der Waals surface area (Å²) in [6, 6.07) is 6.67. The van der Waals surface area contributed by atoms with Gasteiger partial charge in [-0.15, -0.1) is 12.4 Å². The van der Waals surface area contributed by atoms with Crippen molar-refractivity contribution < 1.29 is 18.0 Å². The largest absolute Gasteiger partial charge is 0.318 e. The van der Waals surface area contributed by atoms with E-state index in [4.69, 9.17) is 0 Å². The molecule has 7 nitrogen and oxygen atoms in total. The van der Waals surface area contributed by atoms with E-state index in [-0.39, 0.29) is 49.0 Å². The number of carbonyl (C=O) groups is 2. The average molecular weight is 402 g/mol. The van der Waals surface area contributed by atoms with E-state index in [0.717, 1.165) is 17.7 Å². The Balaban J connectivity index is 0.00000243. The van der Waals surface area contributed by atoms with Crippen LogP contribution in [0.3, 0.4) is 0 Å². The smallest absolute Gasteiger partial charge is 0.261 e. The van der Waals surface area contributed by atoms with Crippen LogP contribution in [0, 0.1) is 0 Å². The fourth-order valence-electron chi connectivity index (χ4n) is 3.58. The first-order valence-electron chi connectivity index (χ1n) is 8.55. The van der Waals surface area contributed by atoms with Gasteiger partial charge in [0.1, 0.15) is 0 Å². The van der Waals surface area contributed by atoms with Crippen molar-refractivity contribution in [3.8, 4) is 0 Å². The predicted octanol–water partition coefficient (Wildman–Crippen LogP) is 1.11. The third-order valence-corrected chi connectivity index (χ3v) is 6.78. The van der Waals surface area contributed by atoms with E-state index < -0.39 is 10.0 Å². The van der Waals surface area contributed by atoms with E-state index in [0.29, 0.717) is 24.2 Å². The van der Waals surface area contributed by atoms with Crippen LogP contribution in [0.5, 0.6) is 0 Å². The van der Waals surface area contributed by atoms with Crippen LogP contribution >= 0.6 is 12.4 Å². The molecule has 0 aliphatic carbocycles. The second-order valence-electron chi connectivity index (χ2n) is 6.44. The SMILES string of the molecule is CNCC1CCCN1S(=O)(=O)CCCN1C(=O)c2ccccc2C1=O.Cl. The van der Waals surface area contributed by atoms with Crippen LogP contribution in [0.15, 0.2) is 24.3 Å². The zero-order valence-corrected chi connectivity index (χ0v) is 16.3. The number of fused-ring (bicyclic) bond motifs is 1. The monoisotopic (exact) mass is 401 g/mol. The number of hydrogen-bond acceptors (Lipinski definition) is 5. The van der Waals surface area contributed by atoms with Crippen LogP contribution in [0.2, 0.25) is 0 Å². The van der Waals surface area contributed by atoms with Gasteiger partial charge in [0.05, 0.1) is 16.9 Å². The Morgan fingerprint density at radius 3 is 2.35 bits per heavy atom. The van der Waals surface area contributed by atoms with Gasteiger partial charge in [-0.05, 0) is 38.4 Å². The lowest BCUT2D eigenvalue weighted by atomic mass is 10.1. The van der Waals surface area contributed by atoms with Crippen molar-refractivity contribution in [1.82, 2.24) is 14.5 Å². The van der Waals surface area contributed by atoms with E-state index in [2.05, 4.69) is 5.32 Å². The lowest BCUT2D eigenvalue weighted by molar-refractivity contribution is 0.0654. The number of nitrogens with zero attached hydrogens (tertiary/aromatic N) is 2. The quantitative estimate of drug-likeness (QED) is 0.691. The molecule has 2 aliphatic heterocycles. The van der Waals surface area contributed by atoms with E-state index in [1.54, 1.807) is 28.6 Å². The molecule has 2 amide bonds. The van der Waals surface area contributed by atoms with Crippen molar-refractivity contribution in [2.75, 3.05) is 32.4 Å². The number of amides is 2.